The Hall–Kier alpha value is -2.52. The Kier molecular flexibility index (Phi) is 63.0. The molecule has 0 unspecified atom stereocenters. The molecule has 0 saturated carbocycles. The van der Waals surface area contributed by atoms with Crippen LogP contribution in [-0.2, 0) is 47.6 Å². The normalized spacial score (nSPS) is 10.2. The van der Waals surface area contributed by atoms with Crippen LogP contribution in [0.1, 0.15) is 105 Å². The zero-order valence-corrected chi connectivity index (χ0v) is 36.5. The summed E-state index contributed by atoms with van der Waals surface area (Å²) < 4.78 is 31.5. The highest BCUT2D eigenvalue weighted by atomic mass is 16.5. The van der Waals surface area contributed by atoms with E-state index in [0.29, 0.717) is 130 Å². The molecule has 0 spiro atoms. The standard InChI is InChI=1S/C13H27NO5.C11H23NO4.C9H19NO3.C7H15NO2/c1-2-7-17-9-11-19-12-10-18-8-5-14-13(16)4-3-6-15;1-2-7-15-9-10-16-8-5-12-11(14)4-3-6-13;1-2-7-13-8-5-10-9(12)4-3-6-11;1-2-5-8-7(10)4-3-6-9/h15H,2-12H2,1H3,(H,14,16);13H,2-10H2,1H3,(H,12,14);11H,2-8H2,1H3,(H,10,12);9H,2-6H2,1H3,(H,8,10). The summed E-state index contributed by atoms with van der Waals surface area (Å²) in [7, 11) is 0. The molecular weight excluding hydrogens is 760 g/mol. The van der Waals surface area contributed by atoms with Crippen molar-refractivity contribution >= 4 is 23.6 Å². The minimum absolute atomic E-state index is 0.0193. The lowest BCUT2D eigenvalue weighted by molar-refractivity contribution is -0.122. The topological polar surface area (TPSA) is 253 Å². The van der Waals surface area contributed by atoms with E-state index in [9.17, 15) is 19.2 Å². The van der Waals surface area contributed by atoms with Gasteiger partial charge in [0, 0.05) is 98.1 Å². The van der Waals surface area contributed by atoms with Crippen LogP contribution in [0, 0.1) is 0 Å². The fourth-order valence-corrected chi connectivity index (χ4v) is 3.76. The first kappa shape index (κ1) is 62.1. The average Bonchev–Trinajstić information content (AvgIpc) is 3.23. The van der Waals surface area contributed by atoms with Crippen LogP contribution in [-0.4, -0.2) is 176 Å². The molecule has 0 aromatic rings. The Morgan fingerprint density at radius 2 is 0.552 bits per heavy atom. The van der Waals surface area contributed by atoms with E-state index in [1.807, 2.05) is 13.8 Å². The number of carbonyl (C=O) groups excluding carboxylic acids is 4. The Labute approximate surface area is 349 Å². The monoisotopic (exact) mass is 845 g/mol. The van der Waals surface area contributed by atoms with E-state index in [1.54, 1.807) is 0 Å². The summed E-state index contributed by atoms with van der Waals surface area (Å²) in [5.74, 6) is -0.0769. The second-order valence-electron chi connectivity index (χ2n) is 12.4. The number of ether oxygens (including phenoxy) is 6. The Morgan fingerprint density at radius 3 is 0.793 bits per heavy atom. The van der Waals surface area contributed by atoms with Gasteiger partial charge in [0.1, 0.15) is 0 Å². The predicted octanol–water partition coefficient (Wildman–Crippen LogP) is 1.24. The lowest BCUT2D eigenvalue weighted by atomic mass is 10.3. The first-order valence-electron chi connectivity index (χ1n) is 21.2. The molecule has 0 heterocycles. The summed E-state index contributed by atoms with van der Waals surface area (Å²) in [4.78, 5) is 43.9. The van der Waals surface area contributed by atoms with Gasteiger partial charge in [-0.15, -0.1) is 0 Å². The van der Waals surface area contributed by atoms with Crippen LogP contribution in [0.15, 0.2) is 0 Å². The van der Waals surface area contributed by atoms with Crippen molar-refractivity contribution in [2.45, 2.75) is 105 Å². The van der Waals surface area contributed by atoms with E-state index in [4.69, 9.17) is 48.8 Å². The van der Waals surface area contributed by atoms with Gasteiger partial charge in [-0.1, -0.05) is 27.7 Å². The molecule has 4 amide bonds. The van der Waals surface area contributed by atoms with E-state index >= 15 is 0 Å². The third kappa shape index (κ3) is 65.3. The SMILES string of the molecule is CCCNC(=O)CCCO.CCCOCCNC(=O)CCCO.CCCOCCOCCNC(=O)CCCO.CCCOCCOCCOCCNC(=O)CCCO. The fraction of sp³-hybridized carbons (Fsp3) is 0.900. The van der Waals surface area contributed by atoms with Crippen LogP contribution in [0.3, 0.4) is 0 Å². The highest BCUT2D eigenvalue weighted by Gasteiger charge is 2.01. The number of hydrogen-bond donors (Lipinski definition) is 8. The summed E-state index contributed by atoms with van der Waals surface area (Å²) >= 11 is 0. The van der Waals surface area contributed by atoms with Crippen LogP contribution >= 0.6 is 0 Å². The number of nitrogens with one attached hydrogen (secondary N) is 4. The summed E-state index contributed by atoms with van der Waals surface area (Å²) in [6, 6.07) is 0. The zero-order valence-electron chi connectivity index (χ0n) is 36.5. The van der Waals surface area contributed by atoms with Gasteiger partial charge >= 0.3 is 0 Å². The van der Waals surface area contributed by atoms with Crippen molar-refractivity contribution in [2.24, 2.45) is 0 Å². The van der Waals surface area contributed by atoms with Gasteiger partial charge in [-0.25, -0.2) is 0 Å². The van der Waals surface area contributed by atoms with Gasteiger partial charge in [-0.05, 0) is 51.4 Å². The summed E-state index contributed by atoms with van der Waals surface area (Å²) in [6.07, 6.45) is 7.67. The van der Waals surface area contributed by atoms with Crippen LogP contribution in [0.25, 0.3) is 0 Å². The van der Waals surface area contributed by atoms with Gasteiger partial charge < -0.3 is 70.1 Å². The molecule has 0 bridgehead atoms. The zero-order chi connectivity index (χ0) is 44.0. The van der Waals surface area contributed by atoms with Gasteiger partial charge in [-0.2, -0.15) is 0 Å². The van der Waals surface area contributed by atoms with E-state index in [-0.39, 0.29) is 50.1 Å². The molecule has 0 saturated heterocycles. The van der Waals surface area contributed by atoms with E-state index in [2.05, 4.69) is 35.1 Å². The van der Waals surface area contributed by atoms with Crippen molar-refractivity contribution in [3.8, 4) is 0 Å². The summed E-state index contributed by atoms with van der Waals surface area (Å²) in [5, 5.41) is 44.7. The van der Waals surface area contributed by atoms with Crippen molar-refractivity contribution in [1.29, 1.82) is 0 Å². The van der Waals surface area contributed by atoms with Gasteiger partial charge in [0.25, 0.3) is 0 Å². The number of hydrogen-bond acceptors (Lipinski definition) is 14. The van der Waals surface area contributed by atoms with E-state index in [1.165, 1.54) is 0 Å². The number of aliphatic hydroxyl groups is 4. The second-order valence-corrected chi connectivity index (χ2v) is 12.4. The highest BCUT2D eigenvalue weighted by molar-refractivity contribution is 5.76. The minimum Gasteiger partial charge on any atom is -0.396 e. The smallest absolute Gasteiger partial charge is 0.220 e. The average molecular weight is 845 g/mol. The van der Waals surface area contributed by atoms with E-state index < -0.39 is 0 Å². The molecule has 0 aromatic heterocycles. The largest absolute Gasteiger partial charge is 0.396 e. The molecular formula is C40H84N4O14. The third-order valence-corrected chi connectivity index (χ3v) is 6.69. The Morgan fingerprint density at radius 1 is 0.328 bits per heavy atom. The maximum Gasteiger partial charge on any atom is 0.220 e. The molecule has 348 valence electrons. The van der Waals surface area contributed by atoms with Crippen molar-refractivity contribution in [3.63, 3.8) is 0 Å². The predicted molar refractivity (Wildman–Crippen MR) is 223 cm³/mol. The van der Waals surface area contributed by atoms with Crippen LogP contribution < -0.4 is 21.3 Å². The number of carbonyl (C=O) groups is 4. The first-order valence-corrected chi connectivity index (χ1v) is 21.2. The molecule has 8 N–H and O–H groups in total. The third-order valence-electron chi connectivity index (χ3n) is 6.69. The molecule has 0 aliphatic rings. The van der Waals surface area contributed by atoms with Crippen molar-refractivity contribution in [2.75, 3.05) is 132 Å². The fourth-order valence-electron chi connectivity index (χ4n) is 3.76. The summed E-state index contributed by atoms with van der Waals surface area (Å²) in [6.45, 7) is 18.0. The van der Waals surface area contributed by atoms with Gasteiger partial charge in [-0.3, -0.25) is 19.2 Å². The maximum absolute atomic E-state index is 11.1. The molecule has 18 heteroatoms. The molecule has 0 fully saturated rings. The van der Waals surface area contributed by atoms with Crippen LogP contribution in [0.2, 0.25) is 0 Å². The Balaban J connectivity index is -0.000000344. The molecule has 0 radical (unpaired) electrons. The van der Waals surface area contributed by atoms with Crippen molar-refractivity contribution < 1.29 is 68.0 Å². The lowest BCUT2D eigenvalue weighted by Crippen LogP contribution is -2.27. The molecule has 0 aliphatic heterocycles. The van der Waals surface area contributed by atoms with Crippen LogP contribution in [0.4, 0.5) is 0 Å². The van der Waals surface area contributed by atoms with Crippen LogP contribution in [0.5, 0.6) is 0 Å². The Bertz CT molecular complexity index is 837. The molecule has 0 atom stereocenters. The van der Waals surface area contributed by atoms with Crippen molar-refractivity contribution in [3.05, 3.63) is 0 Å². The quantitative estimate of drug-likeness (QED) is 0.0408. The minimum atomic E-state index is -0.0537. The lowest BCUT2D eigenvalue weighted by Gasteiger charge is -2.07. The van der Waals surface area contributed by atoms with Crippen molar-refractivity contribution in [1.82, 2.24) is 21.3 Å². The molecule has 0 aromatic carbocycles. The molecule has 58 heavy (non-hydrogen) atoms. The van der Waals surface area contributed by atoms with E-state index in [0.717, 1.165) is 52.0 Å². The maximum atomic E-state index is 11.1. The highest BCUT2D eigenvalue weighted by Crippen LogP contribution is 1.89. The number of aliphatic hydroxyl groups excluding tert-OH is 4. The van der Waals surface area contributed by atoms with Gasteiger partial charge in [0.2, 0.25) is 23.6 Å². The second kappa shape index (κ2) is 58.8. The van der Waals surface area contributed by atoms with Gasteiger partial charge in [0.05, 0.1) is 59.5 Å². The number of amides is 4. The molecule has 18 nitrogen and oxygen atoms in total. The van der Waals surface area contributed by atoms with Gasteiger partial charge in [0.15, 0.2) is 0 Å². The first-order chi connectivity index (χ1) is 28.2. The summed E-state index contributed by atoms with van der Waals surface area (Å²) in [5.41, 5.74) is 0. The number of rotatable bonds is 38. The molecule has 0 aliphatic carbocycles. The molecule has 0 rings (SSSR count).